The minimum Gasteiger partial charge on any atom is -0.468 e. The van der Waals surface area contributed by atoms with Crippen LogP contribution in [0.4, 0.5) is 0 Å². The first-order chi connectivity index (χ1) is 23.5. The van der Waals surface area contributed by atoms with Gasteiger partial charge in [0.25, 0.3) is 0 Å². The summed E-state index contributed by atoms with van der Waals surface area (Å²) in [7, 11) is -2.83. The van der Waals surface area contributed by atoms with E-state index in [2.05, 4.69) is 19.8 Å². The molecule has 0 bridgehead atoms. The molecule has 3 aromatic rings. The predicted octanol–water partition coefficient (Wildman–Crippen LogP) is 2.60. The van der Waals surface area contributed by atoms with Crippen molar-refractivity contribution >= 4 is 44.7 Å². The molecular weight excluding hydrogens is 662 g/mol. The fourth-order valence-electron chi connectivity index (χ4n) is 7.02. The molecule has 2 heterocycles. The average molecular weight is 710 g/mol. The number of nitrogens with zero attached hydrogens (tertiary/aromatic N) is 1. The van der Waals surface area contributed by atoms with Crippen molar-refractivity contribution in [1.29, 1.82) is 0 Å². The van der Waals surface area contributed by atoms with Crippen molar-refractivity contribution in [2.45, 2.75) is 76.5 Å². The van der Waals surface area contributed by atoms with Crippen LogP contribution in [0.15, 0.2) is 54.7 Å². The van der Waals surface area contributed by atoms with Gasteiger partial charge in [-0.1, -0.05) is 42.5 Å². The largest absolute Gasteiger partial charge is 0.468 e. The van der Waals surface area contributed by atoms with E-state index >= 15 is 0 Å². The Labute approximate surface area is 292 Å². The highest BCUT2D eigenvalue weighted by molar-refractivity contribution is 7.90. The molecule has 14 heteroatoms. The van der Waals surface area contributed by atoms with Crippen molar-refractivity contribution in [3.63, 3.8) is 0 Å². The quantitative estimate of drug-likeness (QED) is 0.171. The van der Waals surface area contributed by atoms with Crippen LogP contribution in [0.5, 0.6) is 0 Å². The highest BCUT2D eigenvalue weighted by atomic mass is 32.2. The summed E-state index contributed by atoms with van der Waals surface area (Å²) in [6.45, 7) is 6.92. The number of sulfonamides is 1. The maximum Gasteiger partial charge on any atom is 0.323 e. The Kier molecular flexibility index (Phi) is 10.5. The van der Waals surface area contributed by atoms with Crippen LogP contribution in [-0.2, 0) is 50.5 Å². The van der Waals surface area contributed by atoms with Crippen LogP contribution in [0.3, 0.4) is 0 Å². The molecule has 2 unspecified atom stereocenters. The molecule has 2 amide bonds. The number of fused-ring (bicyclic) bond motifs is 3. The van der Waals surface area contributed by atoms with E-state index in [0.717, 1.165) is 34.7 Å². The maximum absolute atomic E-state index is 14.4. The number of aromatic amines is 1. The number of methoxy groups -OCH3 is 1. The maximum atomic E-state index is 14.4. The zero-order chi connectivity index (χ0) is 36.5. The number of nitrogens with two attached hydrogens (primary N) is 1. The number of para-hydroxylation sites is 1. The number of likely N-dealkylation sites (tertiary alicyclic amines) is 1. The van der Waals surface area contributed by atoms with E-state index in [1.165, 1.54) is 6.92 Å². The van der Waals surface area contributed by atoms with Crippen molar-refractivity contribution in [2.24, 2.45) is 11.1 Å². The highest BCUT2D eigenvalue weighted by Gasteiger charge is 2.48. The third kappa shape index (κ3) is 7.72. The van der Waals surface area contributed by atoms with Crippen molar-refractivity contribution in [3.05, 3.63) is 71.4 Å². The Morgan fingerprint density at radius 2 is 1.70 bits per heavy atom. The molecule has 50 heavy (non-hydrogen) atoms. The van der Waals surface area contributed by atoms with Crippen LogP contribution in [0.25, 0.3) is 10.9 Å². The number of hydrogen-bond donors (Lipinski definition) is 4. The van der Waals surface area contributed by atoms with Crippen LogP contribution in [0.2, 0.25) is 0 Å². The molecular formula is C36H47N5O8S. The van der Waals surface area contributed by atoms with E-state index in [1.54, 1.807) is 25.7 Å². The third-order valence-corrected chi connectivity index (χ3v) is 11.1. The molecule has 1 saturated heterocycles. The lowest BCUT2D eigenvalue weighted by molar-refractivity contribution is -0.170. The molecule has 270 valence electrons. The minimum atomic E-state index is -3.97. The van der Waals surface area contributed by atoms with Crippen LogP contribution < -0.4 is 15.8 Å². The lowest BCUT2D eigenvalue weighted by Gasteiger charge is -2.41. The highest BCUT2D eigenvalue weighted by Crippen LogP contribution is 2.51. The molecule has 1 aromatic heterocycles. The van der Waals surface area contributed by atoms with Gasteiger partial charge < -0.3 is 30.4 Å². The van der Waals surface area contributed by atoms with Gasteiger partial charge in [0.15, 0.2) is 11.2 Å². The topological polar surface area (TPSA) is 190 Å². The van der Waals surface area contributed by atoms with Crippen molar-refractivity contribution in [1.82, 2.24) is 19.9 Å². The summed E-state index contributed by atoms with van der Waals surface area (Å²) in [6.07, 6.45) is 3.55. The van der Waals surface area contributed by atoms with Gasteiger partial charge in [0, 0.05) is 54.6 Å². The second-order valence-corrected chi connectivity index (χ2v) is 16.3. The van der Waals surface area contributed by atoms with Gasteiger partial charge in [0.2, 0.25) is 21.8 Å². The number of carbonyl (C=O) groups excluding carboxylic acids is 4. The van der Waals surface area contributed by atoms with Crippen LogP contribution in [0, 0.1) is 5.41 Å². The fourth-order valence-corrected chi connectivity index (χ4v) is 8.17. The van der Waals surface area contributed by atoms with E-state index in [4.69, 9.17) is 10.5 Å². The predicted molar refractivity (Wildman–Crippen MR) is 187 cm³/mol. The molecule has 0 saturated carbocycles. The number of nitrogens with one attached hydrogen (secondary N) is 3. The van der Waals surface area contributed by atoms with Gasteiger partial charge >= 0.3 is 11.9 Å². The summed E-state index contributed by atoms with van der Waals surface area (Å²) in [6, 6.07) is 13.7. The Morgan fingerprint density at radius 3 is 2.36 bits per heavy atom. The number of esters is 2. The molecule has 5 rings (SSSR count). The number of carbonyl (C=O) groups is 4. The molecule has 2 aromatic carbocycles. The number of benzene rings is 2. The lowest BCUT2D eigenvalue weighted by Crippen LogP contribution is -2.58. The number of aromatic nitrogens is 1. The van der Waals surface area contributed by atoms with Crippen LogP contribution in [-0.4, -0.2) is 86.2 Å². The zero-order valence-electron chi connectivity index (χ0n) is 29.2. The Morgan fingerprint density at radius 1 is 1.04 bits per heavy atom. The first-order valence-corrected chi connectivity index (χ1v) is 18.4. The number of hydrogen-bond acceptors (Lipinski definition) is 9. The number of H-pyrrole nitrogens is 1. The van der Waals surface area contributed by atoms with Gasteiger partial charge in [-0.3, -0.25) is 19.2 Å². The molecule has 1 aliphatic carbocycles. The Hall–Kier alpha value is -4.27. The first-order valence-electron chi connectivity index (χ1n) is 16.8. The van der Waals surface area contributed by atoms with E-state index < -0.39 is 62.1 Å². The van der Waals surface area contributed by atoms with Crippen molar-refractivity contribution in [3.8, 4) is 0 Å². The first kappa shape index (κ1) is 37.0. The molecule has 2 aliphatic rings. The molecule has 5 N–H and O–H groups in total. The number of amides is 2. The molecule has 0 radical (unpaired) electrons. The summed E-state index contributed by atoms with van der Waals surface area (Å²) in [5, 5.41) is 3.78. The summed E-state index contributed by atoms with van der Waals surface area (Å²) < 4.78 is 38.4. The lowest BCUT2D eigenvalue weighted by atomic mass is 9.73. The second kappa shape index (κ2) is 14.2. The van der Waals surface area contributed by atoms with Gasteiger partial charge in [-0.05, 0) is 69.7 Å². The molecule has 1 aliphatic heterocycles. The zero-order valence-corrected chi connectivity index (χ0v) is 30.0. The smallest absolute Gasteiger partial charge is 0.323 e. The fraction of sp³-hybridized carbons (Fsp3) is 0.500. The van der Waals surface area contributed by atoms with Gasteiger partial charge in [-0.15, -0.1) is 0 Å². The minimum absolute atomic E-state index is 0.165. The van der Waals surface area contributed by atoms with Gasteiger partial charge in [-0.2, -0.15) is 0 Å². The van der Waals surface area contributed by atoms with E-state index in [0.29, 0.717) is 32.4 Å². The van der Waals surface area contributed by atoms with E-state index in [-0.39, 0.29) is 18.9 Å². The average Bonchev–Trinajstić information content (AvgIpc) is 3.61. The van der Waals surface area contributed by atoms with E-state index in [1.807, 2.05) is 54.7 Å². The van der Waals surface area contributed by atoms with Gasteiger partial charge in [0.05, 0.1) is 7.11 Å². The monoisotopic (exact) mass is 709 g/mol. The second-order valence-electron chi connectivity index (χ2n) is 14.5. The summed E-state index contributed by atoms with van der Waals surface area (Å²) in [4.78, 5) is 58.1. The molecule has 1 fully saturated rings. The summed E-state index contributed by atoms with van der Waals surface area (Å²) >= 11 is 0. The van der Waals surface area contributed by atoms with E-state index in [9.17, 15) is 27.6 Å². The molecule has 1 spiro atoms. The number of rotatable bonds is 11. The van der Waals surface area contributed by atoms with Crippen LogP contribution in [0.1, 0.15) is 69.7 Å². The summed E-state index contributed by atoms with van der Waals surface area (Å²) in [5.74, 6) is -3.41. The van der Waals surface area contributed by atoms with Gasteiger partial charge in [-0.25, -0.2) is 13.1 Å². The standard InChI is InChI=1S/C36H47N5O8S/c1-34(2,3)49-33(45)35(4,22-37)32(44)39-28(18-23-20-38-27-13-9-7-10-24(23)27)31(43)41-16-14-36(15-17-41)19-29(25-11-6-8-12-26(25)36)40-50(46,47)21-30(42)48-5/h6-13,20,28-29,38,40H,14-19,21-22,37H2,1-5H3,(H,39,44)/t28-,29?,35?/m1/s1. The Balaban J connectivity index is 1.37. The molecule has 13 nitrogen and oxygen atoms in total. The van der Waals surface area contributed by atoms with Gasteiger partial charge in [0.1, 0.15) is 11.6 Å². The third-order valence-electron chi connectivity index (χ3n) is 9.85. The number of piperidine rings is 1. The van der Waals surface area contributed by atoms with Crippen molar-refractivity contribution < 1.29 is 37.1 Å². The number of ether oxygens (including phenoxy) is 2. The van der Waals surface area contributed by atoms with Crippen LogP contribution >= 0.6 is 0 Å². The SMILES string of the molecule is COC(=O)CS(=O)(=O)NC1CC2(CCN(C(=O)[C@@H](Cc3c[nH]c4ccccc34)NC(=O)C(C)(CN)C(=O)OC(C)(C)C)CC2)c2ccccc21. The normalized spacial score (nSPS) is 19.0. The van der Waals surface area contributed by atoms with Crippen molar-refractivity contribution in [2.75, 3.05) is 32.5 Å². The Bertz CT molecular complexity index is 1880. The summed E-state index contributed by atoms with van der Waals surface area (Å²) in [5.41, 5.74) is 6.56. The molecule has 3 atom stereocenters.